The molecule has 6 heteroatoms. The van der Waals surface area contributed by atoms with Crippen molar-refractivity contribution >= 4 is 22.5 Å². The molecule has 3 aromatic rings. The maximum absolute atomic E-state index is 12.8. The molecule has 0 fully saturated rings. The van der Waals surface area contributed by atoms with Crippen LogP contribution in [-0.2, 0) is 22.3 Å². The zero-order valence-electron chi connectivity index (χ0n) is 14.7. The van der Waals surface area contributed by atoms with Gasteiger partial charge in [-0.25, -0.2) is 4.68 Å². The third-order valence-corrected chi connectivity index (χ3v) is 5.67. The van der Waals surface area contributed by atoms with E-state index in [4.69, 9.17) is 0 Å². The van der Waals surface area contributed by atoms with Gasteiger partial charge in [-0.15, -0.1) is 0 Å². The van der Waals surface area contributed by atoms with Crippen molar-refractivity contribution in [3.63, 3.8) is 0 Å². The molecule has 1 aliphatic heterocycles. The minimum atomic E-state index is -0.957. The number of carbonyl (C=O) groups is 1. The Bertz CT molecular complexity index is 1020. The lowest BCUT2D eigenvalue weighted by atomic mass is 10.1. The minimum Gasteiger partial charge on any atom is -0.306 e. The van der Waals surface area contributed by atoms with Crippen LogP contribution in [0.1, 0.15) is 32.7 Å². The van der Waals surface area contributed by atoms with Gasteiger partial charge in [-0.2, -0.15) is 5.10 Å². The molecule has 0 saturated carbocycles. The van der Waals surface area contributed by atoms with Crippen molar-refractivity contribution in [2.75, 3.05) is 5.32 Å². The second-order valence-electron chi connectivity index (χ2n) is 6.57. The molecule has 4 rings (SSSR count). The predicted octanol–water partition coefficient (Wildman–Crippen LogP) is 3.50. The normalized spacial score (nSPS) is 15.7. The van der Waals surface area contributed by atoms with Crippen LogP contribution in [0.5, 0.6) is 0 Å². The maximum Gasteiger partial charge on any atom is 0.256 e. The van der Waals surface area contributed by atoms with E-state index in [-0.39, 0.29) is 5.91 Å². The Kier molecular flexibility index (Phi) is 4.20. The number of anilines is 1. The van der Waals surface area contributed by atoms with Crippen molar-refractivity contribution in [2.45, 2.75) is 25.4 Å². The van der Waals surface area contributed by atoms with Gasteiger partial charge in [0.25, 0.3) is 5.91 Å². The number of aryl methyl sites for hydroxylation is 2. The van der Waals surface area contributed by atoms with Gasteiger partial charge in [0, 0.05) is 21.9 Å². The summed E-state index contributed by atoms with van der Waals surface area (Å²) in [5, 5.41) is 7.61. The highest BCUT2D eigenvalue weighted by Crippen LogP contribution is 2.31. The molecule has 0 radical (unpaired) electrons. The van der Waals surface area contributed by atoms with Crippen LogP contribution >= 0.6 is 0 Å². The van der Waals surface area contributed by atoms with Crippen molar-refractivity contribution in [1.29, 1.82) is 0 Å². The molecular weight excluding hydrogens is 346 g/mol. The van der Waals surface area contributed by atoms with E-state index in [1.54, 1.807) is 10.7 Å². The van der Waals surface area contributed by atoms with Crippen LogP contribution in [0, 0.1) is 13.8 Å². The lowest BCUT2D eigenvalue weighted by molar-refractivity contribution is 0.102. The second kappa shape index (κ2) is 6.53. The van der Waals surface area contributed by atoms with Gasteiger partial charge in [0.05, 0.1) is 22.9 Å². The molecule has 0 spiro atoms. The first-order valence-corrected chi connectivity index (χ1v) is 9.91. The summed E-state index contributed by atoms with van der Waals surface area (Å²) in [6.45, 7) is 3.98. The van der Waals surface area contributed by atoms with Crippen molar-refractivity contribution in [3.05, 3.63) is 76.5 Å². The van der Waals surface area contributed by atoms with Gasteiger partial charge in [0.15, 0.2) is 0 Å². The van der Waals surface area contributed by atoms with Crippen molar-refractivity contribution in [1.82, 2.24) is 9.78 Å². The van der Waals surface area contributed by atoms with E-state index in [1.165, 1.54) is 0 Å². The van der Waals surface area contributed by atoms with E-state index < -0.39 is 10.8 Å². The van der Waals surface area contributed by atoms with E-state index in [0.717, 1.165) is 28.1 Å². The molecule has 5 nitrogen and oxygen atoms in total. The molecule has 26 heavy (non-hydrogen) atoms. The monoisotopic (exact) mass is 365 g/mol. The molecule has 0 bridgehead atoms. The van der Waals surface area contributed by atoms with Crippen LogP contribution in [0.3, 0.4) is 0 Å². The van der Waals surface area contributed by atoms with Crippen molar-refractivity contribution in [2.24, 2.45) is 0 Å². The van der Waals surface area contributed by atoms with Gasteiger partial charge in [0.2, 0.25) is 0 Å². The lowest BCUT2D eigenvalue weighted by Crippen LogP contribution is -2.16. The fourth-order valence-corrected chi connectivity index (χ4v) is 4.36. The summed E-state index contributed by atoms with van der Waals surface area (Å²) < 4.78 is 13.7. The Morgan fingerprint density at radius 1 is 1.08 bits per heavy atom. The molecule has 0 saturated heterocycles. The third-order valence-electron chi connectivity index (χ3n) is 4.46. The topological polar surface area (TPSA) is 64.0 Å². The zero-order valence-corrected chi connectivity index (χ0v) is 15.5. The fourth-order valence-electron chi connectivity index (χ4n) is 3.09. The van der Waals surface area contributed by atoms with Crippen LogP contribution < -0.4 is 5.32 Å². The van der Waals surface area contributed by atoms with Crippen LogP contribution in [0.4, 0.5) is 5.82 Å². The Morgan fingerprint density at radius 3 is 2.58 bits per heavy atom. The van der Waals surface area contributed by atoms with Gasteiger partial charge in [-0.3, -0.25) is 9.00 Å². The van der Waals surface area contributed by atoms with Gasteiger partial charge in [-0.1, -0.05) is 35.4 Å². The molecule has 1 atom stereocenters. The van der Waals surface area contributed by atoms with Crippen molar-refractivity contribution in [3.8, 4) is 5.69 Å². The quantitative estimate of drug-likeness (QED) is 0.773. The lowest BCUT2D eigenvalue weighted by Gasteiger charge is -2.11. The Morgan fingerprint density at radius 2 is 1.85 bits per heavy atom. The number of nitrogens with one attached hydrogen (secondary N) is 1. The number of fused-ring (bicyclic) bond motifs is 1. The largest absolute Gasteiger partial charge is 0.306 e. The zero-order chi connectivity index (χ0) is 18.3. The molecule has 132 valence electrons. The van der Waals surface area contributed by atoms with Gasteiger partial charge < -0.3 is 5.32 Å². The first-order valence-electron chi connectivity index (χ1n) is 8.42. The van der Waals surface area contributed by atoms with E-state index in [0.29, 0.717) is 22.9 Å². The molecule has 1 aromatic heterocycles. The minimum absolute atomic E-state index is 0.192. The Balaban J connectivity index is 1.75. The maximum atomic E-state index is 12.8. The predicted molar refractivity (Wildman–Crippen MR) is 103 cm³/mol. The van der Waals surface area contributed by atoms with E-state index in [2.05, 4.69) is 10.4 Å². The number of rotatable bonds is 3. The molecule has 1 amide bonds. The number of carbonyl (C=O) groups excluding carboxylic acids is 1. The number of aromatic nitrogens is 2. The number of amides is 1. The summed E-state index contributed by atoms with van der Waals surface area (Å²) in [6, 6.07) is 15.4. The molecule has 1 aliphatic rings. The van der Waals surface area contributed by atoms with Gasteiger partial charge in [0.1, 0.15) is 5.82 Å². The van der Waals surface area contributed by atoms with E-state index in [9.17, 15) is 9.00 Å². The Hall–Kier alpha value is -2.73. The second-order valence-corrected chi connectivity index (χ2v) is 8.03. The third kappa shape index (κ3) is 3.08. The summed E-state index contributed by atoms with van der Waals surface area (Å²) in [5.74, 6) is 1.27. The summed E-state index contributed by atoms with van der Waals surface area (Å²) in [6.07, 6.45) is 0. The fraction of sp³-hybridized carbons (Fsp3) is 0.200. The number of benzene rings is 2. The average Bonchev–Trinajstić information content (AvgIpc) is 3.13. The molecule has 0 unspecified atom stereocenters. The number of nitrogens with zero attached hydrogens (tertiary/aromatic N) is 2. The van der Waals surface area contributed by atoms with Crippen molar-refractivity contribution < 1.29 is 9.00 Å². The van der Waals surface area contributed by atoms with E-state index in [1.807, 2.05) is 56.3 Å². The molecule has 2 aromatic carbocycles. The summed E-state index contributed by atoms with van der Waals surface area (Å²) in [5.41, 5.74) is 5.30. The van der Waals surface area contributed by atoms with Gasteiger partial charge in [-0.05, 0) is 38.1 Å². The molecule has 0 aliphatic carbocycles. The highest BCUT2D eigenvalue weighted by Gasteiger charge is 2.28. The smallest absolute Gasteiger partial charge is 0.256 e. The Labute approximate surface area is 154 Å². The first kappa shape index (κ1) is 16.7. The first-order chi connectivity index (χ1) is 12.5. The van der Waals surface area contributed by atoms with Crippen LogP contribution in [0.2, 0.25) is 0 Å². The summed E-state index contributed by atoms with van der Waals surface area (Å²) in [7, 11) is -0.957. The average molecular weight is 365 g/mol. The van der Waals surface area contributed by atoms with Gasteiger partial charge >= 0.3 is 0 Å². The highest BCUT2D eigenvalue weighted by molar-refractivity contribution is 7.83. The highest BCUT2D eigenvalue weighted by atomic mass is 32.2. The summed E-state index contributed by atoms with van der Waals surface area (Å²) >= 11 is 0. The number of hydrogen-bond donors (Lipinski definition) is 1. The molecule has 2 heterocycles. The van der Waals surface area contributed by atoms with Crippen LogP contribution in [0.25, 0.3) is 5.69 Å². The standard InChI is InChI=1S/C20H19N3O2S/c1-13-6-8-16(9-7-13)23-19(17-11-26(25)12-18(17)22-23)21-20(24)15-5-3-4-14(2)10-15/h3-10H,11-12H2,1-2H3,(H,21,24)/t26-/m1/s1. The summed E-state index contributed by atoms with van der Waals surface area (Å²) in [4.78, 5) is 12.8. The molecule has 1 N–H and O–H groups in total. The van der Waals surface area contributed by atoms with Crippen LogP contribution in [-0.4, -0.2) is 19.9 Å². The SMILES string of the molecule is Cc1ccc(-n2nc3c(c2NC(=O)c2cccc(C)c2)C[S@@](=O)C3)cc1. The van der Waals surface area contributed by atoms with Crippen LogP contribution in [0.15, 0.2) is 48.5 Å². The molecular formula is C20H19N3O2S. The number of hydrogen-bond acceptors (Lipinski definition) is 3. The van der Waals surface area contributed by atoms with E-state index >= 15 is 0 Å².